The van der Waals surface area contributed by atoms with Gasteiger partial charge >= 0.3 is 0 Å². The third-order valence-corrected chi connectivity index (χ3v) is 3.06. The molecule has 2 aromatic rings. The van der Waals surface area contributed by atoms with Crippen molar-refractivity contribution < 1.29 is 14.2 Å². The molecule has 0 fully saturated rings. The first-order valence-electron chi connectivity index (χ1n) is 5.67. The van der Waals surface area contributed by atoms with Crippen molar-refractivity contribution in [3.8, 4) is 5.75 Å². The molecule has 0 saturated carbocycles. The molecule has 0 aliphatic rings. The van der Waals surface area contributed by atoms with Crippen molar-refractivity contribution in [2.24, 2.45) is 0 Å². The fourth-order valence-electron chi connectivity index (χ4n) is 1.86. The minimum Gasteiger partial charge on any atom is -0.497 e. The summed E-state index contributed by atoms with van der Waals surface area (Å²) in [6.07, 6.45) is 0. The van der Waals surface area contributed by atoms with Crippen LogP contribution in [-0.2, 0) is 5.60 Å². The van der Waals surface area contributed by atoms with Gasteiger partial charge in [-0.15, -0.1) is 0 Å². The molecular weight excluding hydrogens is 231 g/mol. The molecule has 0 spiro atoms. The molecule has 18 heavy (non-hydrogen) atoms. The van der Waals surface area contributed by atoms with Crippen LogP contribution < -0.4 is 4.74 Å². The lowest BCUT2D eigenvalue weighted by Gasteiger charge is -2.24. The standard InChI is InChI=1S/C15H15FO2/c1-15(17,11-3-7-13(16)8-4-11)12-5-9-14(18-2)10-6-12/h3-10,17H,1-2H3/t15-/m1/s1. The van der Waals surface area contributed by atoms with Crippen molar-refractivity contribution in [1.29, 1.82) is 0 Å². The Morgan fingerprint density at radius 2 is 1.39 bits per heavy atom. The van der Waals surface area contributed by atoms with Gasteiger partial charge in [0.25, 0.3) is 0 Å². The average molecular weight is 246 g/mol. The lowest BCUT2D eigenvalue weighted by molar-refractivity contribution is 0.102. The number of ether oxygens (including phenoxy) is 1. The molecule has 2 nitrogen and oxygen atoms in total. The smallest absolute Gasteiger partial charge is 0.123 e. The lowest BCUT2D eigenvalue weighted by Crippen LogP contribution is -2.22. The number of hydrogen-bond acceptors (Lipinski definition) is 2. The number of aliphatic hydroxyl groups is 1. The number of hydrogen-bond donors (Lipinski definition) is 1. The molecule has 0 aliphatic heterocycles. The Bertz CT molecular complexity index is 515. The Balaban J connectivity index is 2.37. The van der Waals surface area contributed by atoms with Gasteiger partial charge in [0, 0.05) is 0 Å². The summed E-state index contributed by atoms with van der Waals surface area (Å²) < 4.78 is 17.9. The van der Waals surface area contributed by atoms with Gasteiger partial charge in [-0.3, -0.25) is 0 Å². The van der Waals surface area contributed by atoms with Crippen molar-refractivity contribution in [2.75, 3.05) is 7.11 Å². The van der Waals surface area contributed by atoms with Gasteiger partial charge in [0.15, 0.2) is 0 Å². The fraction of sp³-hybridized carbons (Fsp3) is 0.200. The summed E-state index contributed by atoms with van der Waals surface area (Å²) >= 11 is 0. The van der Waals surface area contributed by atoms with E-state index in [1.54, 1.807) is 50.4 Å². The summed E-state index contributed by atoms with van der Waals surface area (Å²) in [4.78, 5) is 0. The van der Waals surface area contributed by atoms with E-state index in [-0.39, 0.29) is 5.82 Å². The number of benzene rings is 2. The highest BCUT2D eigenvalue weighted by Crippen LogP contribution is 2.30. The third kappa shape index (κ3) is 2.36. The molecule has 3 heteroatoms. The molecule has 1 atom stereocenters. The van der Waals surface area contributed by atoms with Crippen LogP contribution in [0.15, 0.2) is 48.5 Å². The van der Waals surface area contributed by atoms with Gasteiger partial charge in [-0.2, -0.15) is 0 Å². The molecule has 0 unspecified atom stereocenters. The molecule has 0 saturated heterocycles. The van der Waals surface area contributed by atoms with Crippen molar-refractivity contribution >= 4 is 0 Å². The number of rotatable bonds is 3. The van der Waals surface area contributed by atoms with Gasteiger partial charge in [0.2, 0.25) is 0 Å². The summed E-state index contributed by atoms with van der Waals surface area (Å²) in [6.45, 7) is 1.68. The van der Waals surface area contributed by atoms with Crippen LogP contribution in [0.5, 0.6) is 5.75 Å². The van der Waals surface area contributed by atoms with Gasteiger partial charge < -0.3 is 9.84 Å². The molecule has 2 rings (SSSR count). The first-order valence-corrected chi connectivity index (χ1v) is 5.67. The Kier molecular flexibility index (Phi) is 3.34. The van der Waals surface area contributed by atoms with E-state index in [0.29, 0.717) is 5.56 Å². The quantitative estimate of drug-likeness (QED) is 0.901. The van der Waals surface area contributed by atoms with Crippen LogP contribution >= 0.6 is 0 Å². The Hall–Kier alpha value is -1.87. The average Bonchev–Trinajstić information content (AvgIpc) is 2.39. The Morgan fingerprint density at radius 3 is 1.83 bits per heavy atom. The second-order valence-electron chi connectivity index (χ2n) is 4.31. The molecule has 2 aromatic carbocycles. The SMILES string of the molecule is COc1ccc([C@](C)(O)c2ccc(F)cc2)cc1. The largest absolute Gasteiger partial charge is 0.497 e. The first kappa shape index (κ1) is 12.6. The molecule has 0 aromatic heterocycles. The molecule has 1 N–H and O–H groups in total. The summed E-state index contributed by atoms with van der Waals surface area (Å²) in [5.41, 5.74) is 0.226. The van der Waals surface area contributed by atoms with E-state index in [9.17, 15) is 9.50 Å². The maximum absolute atomic E-state index is 12.9. The van der Waals surface area contributed by atoms with E-state index in [1.165, 1.54) is 12.1 Å². The molecular formula is C15H15FO2. The molecule has 0 aliphatic carbocycles. The minimum atomic E-state index is -1.15. The predicted molar refractivity (Wildman–Crippen MR) is 68.1 cm³/mol. The van der Waals surface area contributed by atoms with E-state index < -0.39 is 5.60 Å². The highest BCUT2D eigenvalue weighted by atomic mass is 19.1. The van der Waals surface area contributed by atoms with E-state index >= 15 is 0 Å². The van der Waals surface area contributed by atoms with Crippen LogP contribution in [0.3, 0.4) is 0 Å². The lowest BCUT2D eigenvalue weighted by atomic mass is 9.88. The first-order chi connectivity index (χ1) is 8.54. The Labute approximate surface area is 106 Å². The zero-order chi connectivity index (χ0) is 13.2. The Morgan fingerprint density at radius 1 is 0.944 bits per heavy atom. The van der Waals surface area contributed by atoms with Gasteiger partial charge in [0.05, 0.1) is 7.11 Å². The van der Waals surface area contributed by atoms with Gasteiger partial charge in [0.1, 0.15) is 17.2 Å². The second-order valence-corrected chi connectivity index (χ2v) is 4.31. The highest BCUT2D eigenvalue weighted by molar-refractivity contribution is 5.38. The van der Waals surface area contributed by atoms with Crippen molar-refractivity contribution in [2.45, 2.75) is 12.5 Å². The second kappa shape index (κ2) is 4.78. The predicted octanol–water partition coefficient (Wildman–Crippen LogP) is 3.09. The van der Waals surface area contributed by atoms with E-state index in [1.807, 2.05) is 0 Å². The van der Waals surface area contributed by atoms with Crippen molar-refractivity contribution in [3.05, 3.63) is 65.5 Å². The zero-order valence-electron chi connectivity index (χ0n) is 10.4. The number of methoxy groups -OCH3 is 1. The van der Waals surface area contributed by atoms with Crippen LogP contribution in [0.4, 0.5) is 4.39 Å². The van der Waals surface area contributed by atoms with Crippen LogP contribution in [0.25, 0.3) is 0 Å². The molecule has 0 bridgehead atoms. The molecule has 0 radical (unpaired) electrons. The van der Waals surface area contributed by atoms with Gasteiger partial charge in [-0.1, -0.05) is 24.3 Å². The van der Waals surface area contributed by atoms with E-state index in [2.05, 4.69) is 0 Å². The monoisotopic (exact) mass is 246 g/mol. The van der Waals surface area contributed by atoms with Crippen LogP contribution in [-0.4, -0.2) is 12.2 Å². The summed E-state index contributed by atoms with van der Waals surface area (Å²) in [7, 11) is 1.59. The van der Waals surface area contributed by atoms with Gasteiger partial charge in [-0.25, -0.2) is 4.39 Å². The molecule has 0 amide bonds. The normalized spacial score (nSPS) is 14.0. The highest BCUT2D eigenvalue weighted by Gasteiger charge is 2.25. The molecule has 94 valence electrons. The van der Waals surface area contributed by atoms with Crippen molar-refractivity contribution in [1.82, 2.24) is 0 Å². The van der Waals surface area contributed by atoms with Gasteiger partial charge in [-0.05, 0) is 42.3 Å². The van der Waals surface area contributed by atoms with Crippen LogP contribution in [0.1, 0.15) is 18.1 Å². The topological polar surface area (TPSA) is 29.5 Å². The maximum atomic E-state index is 12.9. The maximum Gasteiger partial charge on any atom is 0.123 e. The summed E-state index contributed by atoms with van der Waals surface area (Å²) in [5, 5.41) is 10.5. The fourth-order valence-corrected chi connectivity index (χ4v) is 1.86. The van der Waals surface area contributed by atoms with E-state index in [4.69, 9.17) is 4.74 Å². The number of halogens is 1. The molecule has 0 heterocycles. The zero-order valence-corrected chi connectivity index (χ0v) is 10.4. The van der Waals surface area contributed by atoms with E-state index in [0.717, 1.165) is 11.3 Å². The van der Waals surface area contributed by atoms with Crippen LogP contribution in [0.2, 0.25) is 0 Å². The summed E-state index contributed by atoms with van der Waals surface area (Å²) in [5.74, 6) is 0.415. The van der Waals surface area contributed by atoms with Crippen LogP contribution in [0, 0.1) is 5.82 Å². The van der Waals surface area contributed by atoms with Crippen molar-refractivity contribution in [3.63, 3.8) is 0 Å². The minimum absolute atomic E-state index is 0.315. The third-order valence-electron chi connectivity index (χ3n) is 3.06. The summed E-state index contributed by atoms with van der Waals surface area (Å²) in [6, 6.07) is 13.0.